The zero-order valence-electron chi connectivity index (χ0n) is 20.5. The van der Waals surface area contributed by atoms with E-state index in [9.17, 15) is 19.5 Å². The van der Waals surface area contributed by atoms with Crippen molar-refractivity contribution in [2.45, 2.75) is 19.9 Å². The minimum Gasteiger partial charge on any atom is -0.478 e. The molecule has 1 aromatic heterocycles. The molecular weight excluding hydrogens is 472 g/mol. The Kier molecular flexibility index (Phi) is 6.50. The van der Waals surface area contributed by atoms with Crippen LogP contribution >= 0.6 is 0 Å². The van der Waals surface area contributed by atoms with Crippen molar-refractivity contribution in [3.05, 3.63) is 93.6 Å². The molecular formula is C29H26N2O6. The first-order valence-corrected chi connectivity index (χ1v) is 12.0. The molecule has 0 radical (unpaired) electrons. The second-order valence-electron chi connectivity index (χ2n) is 9.07. The van der Waals surface area contributed by atoms with Crippen molar-refractivity contribution in [1.29, 1.82) is 0 Å². The van der Waals surface area contributed by atoms with E-state index in [0.29, 0.717) is 41.1 Å². The first kappa shape index (κ1) is 24.3. The van der Waals surface area contributed by atoms with Crippen LogP contribution in [0.3, 0.4) is 0 Å². The maximum atomic E-state index is 13.1. The van der Waals surface area contributed by atoms with E-state index >= 15 is 0 Å². The van der Waals surface area contributed by atoms with Crippen LogP contribution in [0.25, 0.3) is 22.3 Å². The maximum absolute atomic E-state index is 13.1. The number of carbonyl (C=O) groups is 2. The molecule has 3 aromatic carbocycles. The molecule has 188 valence electrons. The van der Waals surface area contributed by atoms with Crippen LogP contribution in [0, 0.1) is 6.92 Å². The van der Waals surface area contributed by atoms with Gasteiger partial charge in [-0.2, -0.15) is 0 Å². The standard InChI is InChI=1S/C29H26N2O6/c1-17-13-22(18(2)30-24-6-4-3-5-21(24)29(34)35)28-23(14-17)25(32)15-26(37-28)19-7-9-20(10-8-19)31-11-12-36-16-27(31)33/h3-10,13-15,18,30H,11-12,16H2,1-2H3,(H,34,35). The number of para-hydroxylation sites is 1. The molecule has 0 spiro atoms. The summed E-state index contributed by atoms with van der Waals surface area (Å²) >= 11 is 0. The van der Waals surface area contributed by atoms with Crippen LogP contribution in [-0.4, -0.2) is 36.7 Å². The number of ether oxygens (including phenoxy) is 1. The van der Waals surface area contributed by atoms with Gasteiger partial charge in [0.2, 0.25) is 0 Å². The number of carbonyl (C=O) groups excluding carboxylic acids is 1. The van der Waals surface area contributed by atoms with Crippen LogP contribution in [0.4, 0.5) is 11.4 Å². The van der Waals surface area contributed by atoms with Gasteiger partial charge in [0, 0.05) is 35.1 Å². The lowest BCUT2D eigenvalue weighted by Crippen LogP contribution is -2.41. The summed E-state index contributed by atoms with van der Waals surface area (Å²) in [5, 5.41) is 13.3. The van der Waals surface area contributed by atoms with Crippen molar-refractivity contribution in [2.75, 3.05) is 30.0 Å². The molecule has 1 aliphatic heterocycles. The molecule has 0 saturated carbocycles. The maximum Gasteiger partial charge on any atom is 0.337 e. The number of amides is 1. The fourth-order valence-corrected chi connectivity index (χ4v) is 4.60. The predicted octanol–water partition coefficient (Wildman–Crippen LogP) is 5.00. The van der Waals surface area contributed by atoms with E-state index in [-0.39, 0.29) is 29.5 Å². The fraction of sp³-hybridized carbons (Fsp3) is 0.207. The van der Waals surface area contributed by atoms with Gasteiger partial charge in [0.15, 0.2) is 5.43 Å². The van der Waals surface area contributed by atoms with Crippen molar-refractivity contribution in [1.82, 2.24) is 0 Å². The summed E-state index contributed by atoms with van der Waals surface area (Å²) in [6, 6.07) is 18.8. The topological polar surface area (TPSA) is 109 Å². The Balaban J connectivity index is 1.53. The van der Waals surface area contributed by atoms with Gasteiger partial charge in [0.05, 0.1) is 23.6 Å². The second-order valence-corrected chi connectivity index (χ2v) is 9.07. The van der Waals surface area contributed by atoms with Crippen molar-refractivity contribution < 1.29 is 23.8 Å². The number of hydrogen-bond acceptors (Lipinski definition) is 6. The van der Waals surface area contributed by atoms with Crippen molar-refractivity contribution >= 4 is 34.2 Å². The minimum atomic E-state index is -1.03. The molecule has 0 aliphatic carbocycles. The summed E-state index contributed by atoms with van der Waals surface area (Å²) in [6.07, 6.45) is 0. The molecule has 1 fully saturated rings. The van der Waals surface area contributed by atoms with Gasteiger partial charge >= 0.3 is 5.97 Å². The van der Waals surface area contributed by atoms with Gasteiger partial charge in [-0.1, -0.05) is 18.2 Å². The summed E-state index contributed by atoms with van der Waals surface area (Å²) in [5.41, 5.74) is 3.99. The number of hydrogen-bond donors (Lipinski definition) is 2. The van der Waals surface area contributed by atoms with Crippen LogP contribution in [0.15, 0.2) is 75.9 Å². The van der Waals surface area contributed by atoms with Gasteiger partial charge in [-0.25, -0.2) is 4.79 Å². The number of anilines is 2. The largest absolute Gasteiger partial charge is 0.478 e. The van der Waals surface area contributed by atoms with E-state index in [1.54, 1.807) is 29.2 Å². The number of carboxylic acids is 1. The molecule has 8 heteroatoms. The summed E-state index contributed by atoms with van der Waals surface area (Å²) in [6.45, 7) is 4.83. The highest BCUT2D eigenvalue weighted by Crippen LogP contribution is 2.32. The molecule has 1 amide bonds. The van der Waals surface area contributed by atoms with E-state index in [1.165, 1.54) is 12.1 Å². The number of morpholine rings is 1. The van der Waals surface area contributed by atoms with Crippen LogP contribution in [-0.2, 0) is 9.53 Å². The molecule has 2 N–H and O–H groups in total. The average Bonchev–Trinajstić information content (AvgIpc) is 2.89. The molecule has 8 nitrogen and oxygen atoms in total. The van der Waals surface area contributed by atoms with Crippen molar-refractivity contribution in [3.63, 3.8) is 0 Å². The van der Waals surface area contributed by atoms with E-state index < -0.39 is 5.97 Å². The summed E-state index contributed by atoms with van der Waals surface area (Å²) in [5.74, 6) is -0.719. The van der Waals surface area contributed by atoms with Crippen LogP contribution in [0.5, 0.6) is 0 Å². The van der Waals surface area contributed by atoms with E-state index in [0.717, 1.165) is 16.8 Å². The Labute approximate surface area is 213 Å². The Morgan fingerprint density at radius 1 is 1.05 bits per heavy atom. The van der Waals surface area contributed by atoms with Crippen molar-refractivity contribution in [3.8, 4) is 11.3 Å². The molecule has 2 heterocycles. The van der Waals surface area contributed by atoms with Crippen LogP contribution < -0.4 is 15.6 Å². The van der Waals surface area contributed by atoms with Crippen molar-refractivity contribution in [2.24, 2.45) is 0 Å². The summed E-state index contributed by atoms with van der Waals surface area (Å²) < 4.78 is 11.5. The number of benzene rings is 3. The highest BCUT2D eigenvalue weighted by atomic mass is 16.5. The summed E-state index contributed by atoms with van der Waals surface area (Å²) in [7, 11) is 0. The lowest BCUT2D eigenvalue weighted by molar-refractivity contribution is -0.125. The lowest BCUT2D eigenvalue weighted by Gasteiger charge is -2.26. The number of nitrogens with one attached hydrogen (secondary N) is 1. The normalized spacial score (nSPS) is 14.5. The lowest BCUT2D eigenvalue weighted by atomic mass is 10.00. The van der Waals surface area contributed by atoms with Gasteiger partial charge in [-0.05, 0) is 61.9 Å². The van der Waals surface area contributed by atoms with Gasteiger partial charge in [-0.15, -0.1) is 0 Å². The first-order chi connectivity index (χ1) is 17.8. The molecule has 1 aliphatic rings. The minimum absolute atomic E-state index is 0.0622. The second kappa shape index (κ2) is 9.91. The Morgan fingerprint density at radius 2 is 1.81 bits per heavy atom. The van der Waals surface area contributed by atoms with Gasteiger partial charge in [0.1, 0.15) is 18.0 Å². The first-order valence-electron chi connectivity index (χ1n) is 12.0. The Hall–Kier alpha value is -4.43. The number of aryl methyl sites for hydroxylation is 1. The fourth-order valence-electron chi connectivity index (χ4n) is 4.60. The third-order valence-electron chi connectivity index (χ3n) is 6.45. The van der Waals surface area contributed by atoms with E-state index in [2.05, 4.69) is 5.32 Å². The zero-order chi connectivity index (χ0) is 26.1. The third kappa shape index (κ3) is 4.83. The monoisotopic (exact) mass is 498 g/mol. The third-order valence-corrected chi connectivity index (χ3v) is 6.45. The van der Waals surface area contributed by atoms with Gasteiger partial charge < -0.3 is 24.5 Å². The average molecular weight is 499 g/mol. The molecule has 37 heavy (non-hydrogen) atoms. The molecule has 1 saturated heterocycles. The highest BCUT2D eigenvalue weighted by molar-refractivity contribution is 5.95. The van der Waals surface area contributed by atoms with Crippen LogP contribution in [0.2, 0.25) is 0 Å². The Morgan fingerprint density at radius 3 is 2.54 bits per heavy atom. The molecule has 4 aromatic rings. The predicted molar refractivity (Wildman–Crippen MR) is 141 cm³/mol. The summed E-state index contributed by atoms with van der Waals surface area (Å²) in [4.78, 5) is 38.6. The molecule has 5 rings (SSSR count). The number of carboxylic acid groups (broad SMARTS) is 1. The van der Waals surface area contributed by atoms with Gasteiger partial charge in [-0.3, -0.25) is 9.59 Å². The van der Waals surface area contributed by atoms with E-state index in [1.807, 2.05) is 44.2 Å². The zero-order valence-corrected chi connectivity index (χ0v) is 20.5. The number of nitrogens with zero attached hydrogens (tertiary/aromatic N) is 1. The van der Waals surface area contributed by atoms with Gasteiger partial charge in [0.25, 0.3) is 5.91 Å². The smallest absolute Gasteiger partial charge is 0.337 e. The van der Waals surface area contributed by atoms with E-state index in [4.69, 9.17) is 9.15 Å². The quantitative estimate of drug-likeness (QED) is 0.385. The van der Waals surface area contributed by atoms with Crippen LogP contribution in [0.1, 0.15) is 34.5 Å². The number of aromatic carboxylic acids is 1. The Bertz CT molecular complexity index is 1560. The highest BCUT2D eigenvalue weighted by Gasteiger charge is 2.21. The number of rotatable bonds is 6. The molecule has 1 atom stereocenters. The molecule has 1 unspecified atom stereocenters. The SMILES string of the molecule is Cc1cc(C(C)Nc2ccccc2C(=O)O)c2oc(-c3ccc(N4CCOCC4=O)cc3)cc(=O)c2c1. The molecule has 0 bridgehead atoms. The number of fused-ring (bicyclic) bond motifs is 1.